The molecule has 2 heterocycles. The van der Waals surface area contributed by atoms with Crippen molar-refractivity contribution in [2.24, 2.45) is 0 Å². The number of hydrogen-bond donors (Lipinski definition) is 0. The van der Waals surface area contributed by atoms with Crippen LogP contribution in [0.5, 0.6) is 0 Å². The minimum absolute atomic E-state index is 0.0854. The highest BCUT2D eigenvalue weighted by molar-refractivity contribution is 5.91. The van der Waals surface area contributed by atoms with Crippen LogP contribution in [0.3, 0.4) is 0 Å². The number of carbonyl (C=O) groups excluding carboxylic acids is 2. The largest absolute Gasteiger partial charge is 0.444 e. The molecule has 142 valence electrons. The smallest absolute Gasteiger partial charge is 0.411 e. The second kappa shape index (κ2) is 7.29. The molecule has 2 amide bonds. The van der Waals surface area contributed by atoms with Crippen LogP contribution < -0.4 is 0 Å². The Balaban J connectivity index is 1.83. The summed E-state index contributed by atoms with van der Waals surface area (Å²) in [7, 11) is 0. The van der Waals surface area contributed by atoms with Crippen LogP contribution in [0.25, 0.3) is 0 Å². The molecule has 2 aliphatic heterocycles. The summed E-state index contributed by atoms with van der Waals surface area (Å²) in [4.78, 5) is 30.0. The lowest BCUT2D eigenvalue weighted by atomic mass is 9.89. The molecule has 0 radical (unpaired) electrons. The highest BCUT2D eigenvalue weighted by Gasteiger charge is 2.52. The first kappa shape index (κ1) is 18.7. The molecule has 26 heavy (non-hydrogen) atoms. The Hall–Kier alpha value is -2.04. The summed E-state index contributed by atoms with van der Waals surface area (Å²) in [6.07, 6.45) is 3.89. The molecule has 2 saturated heterocycles. The molecule has 1 spiro atoms. The lowest BCUT2D eigenvalue weighted by Crippen LogP contribution is -2.58. The van der Waals surface area contributed by atoms with E-state index in [0.717, 1.165) is 44.2 Å². The lowest BCUT2D eigenvalue weighted by Gasteiger charge is -2.39. The van der Waals surface area contributed by atoms with E-state index in [1.807, 2.05) is 56.0 Å². The first-order valence-electron chi connectivity index (χ1n) is 9.66. The number of hydrogen-bond acceptors (Lipinski definition) is 3. The number of ether oxygens (including phenoxy) is 1. The molecule has 2 fully saturated rings. The first-order valence-corrected chi connectivity index (χ1v) is 9.66. The number of carbonyl (C=O) groups is 2. The van der Waals surface area contributed by atoms with Gasteiger partial charge in [-0.05, 0) is 58.4 Å². The maximum Gasteiger partial charge on any atom is 0.411 e. The maximum absolute atomic E-state index is 13.5. The van der Waals surface area contributed by atoms with E-state index < -0.39 is 11.1 Å². The molecule has 0 N–H and O–H groups in total. The van der Waals surface area contributed by atoms with Crippen LogP contribution in [0, 0.1) is 0 Å². The second-order valence-electron chi connectivity index (χ2n) is 8.44. The van der Waals surface area contributed by atoms with Gasteiger partial charge in [-0.2, -0.15) is 0 Å². The van der Waals surface area contributed by atoms with E-state index in [1.54, 1.807) is 4.90 Å². The summed E-state index contributed by atoms with van der Waals surface area (Å²) in [5.41, 5.74) is -0.161. The molecule has 1 atom stereocenters. The fourth-order valence-corrected chi connectivity index (χ4v) is 4.12. The number of nitrogens with zero attached hydrogens (tertiary/aromatic N) is 2. The third-order valence-electron chi connectivity index (χ3n) is 5.27. The van der Waals surface area contributed by atoms with Crippen molar-refractivity contribution < 1.29 is 14.3 Å². The Morgan fingerprint density at radius 2 is 1.77 bits per heavy atom. The Labute approximate surface area is 156 Å². The van der Waals surface area contributed by atoms with Crippen molar-refractivity contribution in [3.05, 3.63) is 35.9 Å². The van der Waals surface area contributed by atoms with Gasteiger partial charge in [0.25, 0.3) is 0 Å². The molecule has 0 bridgehead atoms. The van der Waals surface area contributed by atoms with E-state index in [-0.39, 0.29) is 12.0 Å². The molecule has 0 aliphatic carbocycles. The molecule has 5 nitrogen and oxygen atoms in total. The van der Waals surface area contributed by atoms with Gasteiger partial charge in [0.15, 0.2) is 0 Å². The van der Waals surface area contributed by atoms with Gasteiger partial charge in [0.2, 0.25) is 5.91 Å². The fourth-order valence-electron chi connectivity index (χ4n) is 4.12. The Morgan fingerprint density at radius 3 is 2.46 bits per heavy atom. The zero-order valence-electron chi connectivity index (χ0n) is 16.2. The number of amides is 2. The zero-order valence-corrected chi connectivity index (χ0v) is 16.2. The molecule has 1 aromatic carbocycles. The zero-order chi connectivity index (χ0) is 18.8. The summed E-state index contributed by atoms with van der Waals surface area (Å²) in [6.45, 7) is 7.54. The minimum atomic E-state index is -0.729. The third kappa shape index (κ3) is 3.87. The van der Waals surface area contributed by atoms with Crippen molar-refractivity contribution in [2.45, 2.75) is 70.6 Å². The summed E-state index contributed by atoms with van der Waals surface area (Å²) in [6, 6.07) is 10.1. The van der Waals surface area contributed by atoms with Crippen LogP contribution in [0.2, 0.25) is 0 Å². The van der Waals surface area contributed by atoms with Gasteiger partial charge in [-0.25, -0.2) is 4.79 Å². The standard InChI is InChI=1S/C21H30N2O3/c1-20(2,3)26-19(25)23-15-9-13-21(23)12-7-8-14-22(18(21)24)16-17-10-5-4-6-11-17/h4-6,10-11H,7-9,12-16H2,1-3H3. The van der Waals surface area contributed by atoms with Crippen LogP contribution in [-0.2, 0) is 16.1 Å². The van der Waals surface area contributed by atoms with E-state index in [0.29, 0.717) is 13.1 Å². The van der Waals surface area contributed by atoms with Crippen LogP contribution >= 0.6 is 0 Å². The number of rotatable bonds is 2. The minimum Gasteiger partial charge on any atom is -0.444 e. The highest BCUT2D eigenvalue weighted by atomic mass is 16.6. The Kier molecular flexibility index (Phi) is 5.26. The van der Waals surface area contributed by atoms with Gasteiger partial charge in [0, 0.05) is 19.6 Å². The van der Waals surface area contributed by atoms with Gasteiger partial charge in [-0.15, -0.1) is 0 Å². The van der Waals surface area contributed by atoms with Crippen LogP contribution in [0.15, 0.2) is 30.3 Å². The molecule has 1 aromatic rings. The van der Waals surface area contributed by atoms with Crippen LogP contribution in [0.4, 0.5) is 4.79 Å². The highest BCUT2D eigenvalue weighted by Crippen LogP contribution is 2.39. The topological polar surface area (TPSA) is 49.9 Å². The van der Waals surface area contributed by atoms with Gasteiger partial charge in [-0.1, -0.05) is 30.3 Å². The summed E-state index contributed by atoms with van der Waals surface area (Å²) in [5, 5.41) is 0. The van der Waals surface area contributed by atoms with Crippen molar-refractivity contribution in [2.75, 3.05) is 13.1 Å². The van der Waals surface area contributed by atoms with Crippen molar-refractivity contribution in [1.82, 2.24) is 9.80 Å². The molecular formula is C21H30N2O3. The second-order valence-corrected chi connectivity index (χ2v) is 8.44. The van der Waals surface area contributed by atoms with E-state index in [4.69, 9.17) is 4.74 Å². The fraction of sp³-hybridized carbons (Fsp3) is 0.619. The summed E-state index contributed by atoms with van der Waals surface area (Å²) >= 11 is 0. The van der Waals surface area contributed by atoms with Gasteiger partial charge in [0.1, 0.15) is 11.1 Å². The van der Waals surface area contributed by atoms with E-state index in [1.165, 1.54) is 0 Å². The Morgan fingerprint density at radius 1 is 1.08 bits per heavy atom. The predicted molar refractivity (Wildman–Crippen MR) is 101 cm³/mol. The Bertz CT molecular complexity index is 653. The summed E-state index contributed by atoms with van der Waals surface area (Å²) < 4.78 is 5.61. The van der Waals surface area contributed by atoms with Crippen molar-refractivity contribution in [3.8, 4) is 0 Å². The van der Waals surface area contributed by atoms with Gasteiger partial charge >= 0.3 is 6.09 Å². The lowest BCUT2D eigenvalue weighted by molar-refractivity contribution is -0.142. The van der Waals surface area contributed by atoms with E-state index >= 15 is 0 Å². The monoisotopic (exact) mass is 358 g/mol. The van der Waals surface area contributed by atoms with Crippen molar-refractivity contribution in [1.29, 1.82) is 0 Å². The molecular weight excluding hydrogens is 328 g/mol. The molecule has 0 aromatic heterocycles. The third-order valence-corrected chi connectivity index (χ3v) is 5.27. The van der Waals surface area contributed by atoms with Crippen LogP contribution in [-0.4, -0.2) is 46.0 Å². The van der Waals surface area contributed by atoms with E-state index in [2.05, 4.69) is 0 Å². The van der Waals surface area contributed by atoms with Crippen LogP contribution in [0.1, 0.15) is 58.4 Å². The normalized spacial score (nSPS) is 24.0. The van der Waals surface area contributed by atoms with Gasteiger partial charge in [0.05, 0.1) is 0 Å². The first-order chi connectivity index (χ1) is 12.3. The van der Waals surface area contributed by atoms with Crippen molar-refractivity contribution >= 4 is 12.0 Å². The quantitative estimate of drug-likeness (QED) is 0.804. The average Bonchev–Trinajstić information content (AvgIpc) is 2.95. The maximum atomic E-state index is 13.5. The number of likely N-dealkylation sites (tertiary alicyclic amines) is 2. The average molecular weight is 358 g/mol. The molecule has 1 unspecified atom stereocenters. The van der Waals surface area contributed by atoms with Crippen molar-refractivity contribution in [3.63, 3.8) is 0 Å². The molecule has 0 saturated carbocycles. The SMILES string of the molecule is CC(C)(C)OC(=O)N1CCCC12CCCCN(Cc1ccccc1)C2=O. The summed E-state index contributed by atoms with van der Waals surface area (Å²) in [5.74, 6) is 0.0854. The molecule has 2 aliphatic rings. The predicted octanol–water partition coefficient (Wildman–Crippen LogP) is 3.97. The number of benzene rings is 1. The van der Waals surface area contributed by atoms with E-state index in [9.17, 15) is 9.59 Å². The van der Waals surface area contributed by atoms with Gasteiger partial charge < -0.3 is 9.64 Å². The molecule has 5 heteroatoms. The molecule has 3 rings (SSSR count). The van der Waals surface area contributed by atoms with Gasteiger partial charge in [-0.3, -0.25) is 9.69 Å².